The molecule has 88 valence electrons. The molecule has 1 amide bonds. The number of rotatable bonds is 3. The molecule has 0 saturated carbocycles. The lowest BCUT2D eigenvalue weighted by Crippen LogP contribution is -2.02. The number of hydrogen-bond acceptors (Lipinski definition) is 3. The van der Waals surface area contributed by atoms with Gasteiger partial charge >= 0.3 is 5.91 Å². The van der Waals surface area contributed by atoms with Crippen molar-refractivity contribution in [3.05, 3.63) is 24.8 Å². The summed E-state index contributed by atoms with van der Waals surface area (Å²) in [5.41, 5.74) is 0. The van der Waals surface area contributed by atoms with Gasteiger partial charge in [-0.2, -0.15) is 9.46 Å². The van der Waals surface area contributed by atoms with Crippen molar-refractivity contribution in [2.75, 3.05) is 6.26 Å². The molecule has 7 heteroatoms. The molecule has 0 N–H and O–H groups in total. The van der Waals surface area contributed by atoms with Crippen LogP contribution in [0.3, 0.4) is 0 Å². The van der Waals surface area contributed by atoms with Crippen molar-refractivity contribution in [3.8, 4) is 0 Å². The van der Waals surface area contributed by atoms with Crippen LogP contribution in [0.25, 0.3) is 0 Å². The van der Waals surface area contributed by atoms with Crippen molar-refractivity contribution in [3.63, 3.8) is 0 Å². The first-order chi connectivity index (χ1) is 7.36. The van der Waals surface area contributed by atoms with Crippen LogP contribution < -0.4 is 0 Å². The van der Waals surface area contributed by atoms with Crippen LogP contribution in [0.5, 0.6) is 0 Å². The van der Waals surface area contributed by atoms with Gasteiger partial charge in [0.05, 0.1) is 20.8 Å². The van der Waals surface area contributed by atoms with E-state index in [1.165, 1.54) is 18.6 Å². The molecule has 1 heterocycles. The van der Waals surface area contributed by atoms with E-state index in [-0.39, 0.29) is 0 Å². The molecule has 0 spiro atoms. The molecule has 1 aromatic rings. The van der Waals surface area contributed by atoms with Gasteiger partial charge in [0.1, 0.15) is 0 Å². The fourth-order valence-electron chi connectivity index (χ4n) is 0.974. The largest absolute Gasteiger partial charge is 0.313 e. The lowest BCUT2D eigenvalue weighted by Gasteiger charge is -1.98. The molecule has 0 aromatic carbocycles. The Hall–Kier alpha value is -1.50. The zero-order valence-corrected chi connectivity index (χ0v) is 9.83. The second-order valence-electron chi connectivity index (χ2n) is 3.14. The van der Waals surface area contributed by atoms with Crippen LogP contribution in [0.4, 0.5) is 4.39 Å². The summed E-state index contributed by atoms with van der Waals surface area (Å²) in [7, 11) is -2.95. The molecule has 1 atom stereocenters. The Bertz CT molecular complexity index is 541. The standard InChI is InChI=1S/C9H12FN3O2S/c1-4-13-6-8(5-11-13)16(3,15)12-9(14)7(2)10/h5-6H,2,4H2,1,3H3. The summed E-state index contributed by atoms with van der Waals surface area (Å²) < 4.78 is 29.2. The van der Waals surface area contributed by atoms with Gasteiger partial charge < -0.3 is 0 Å². The van der Waals surface area contributed by atoms with E-state index in [0.717, 1.165) is 0 Å². The van der Waals surface area contributed by atoms with Crippen molar-refractivity contribution in [2.45, 2.75) is 18.4 Å². The molecule has 1 unspecified atom stereocenters. The minimum atomic E-state index is -2.95. The number of halogens is 1. The van der Waals surface area contributed by atoms with Gasteiger partial charge in [-0.1, -0.05) is 6.58 Å². The SMILES string of the molecule is C=C(F)C(=O)N=S(C)(=O)c1cnn(CC)c1. The van der Waals surface area contributed by atoms with E-state index in [1.54, 1.807) is 4.68 Å². The Kier molecular flexibility index (Phi) is 3.58. The summed E-state index contributed by atoms with van der Waals surface area (Å²) in [4.78, 5) is 11.3. The van der Waals surface area contributed by atoms with Gasteiger partial charge in [-0.25, -0.2) is 8.60 Å². The molecular weight excluding hydrogens is 233 g/mol. The monoisotopic (exact) mass is 245 g/mol. The summed E-state index contributed by atoms with van der Waals surface area (Å²) in [5, 5.41) is 3.90. The lowest BCUT2D eigenvalue weighted by atomic mass is 10.6. The first-order valence-corrected chi connectivity index (χ1v) is 6.42. The number of carbonyl (C=O) groups is 1. The van der Waals surface area contributed by atoms with Gasteiger partial charge in [-0.05, 0) is 6.92 Å². The number of amides is 1. The van der Waals surface area contributed by atoms with Gasteiger partial charge in [0.2, 0.25) is 0 Å². The molecule has 0 radical (unpaired) electrons. The van der Waals surface area contributed by atoms with Crippen molar-refractivity contribution in [2.24, 2.45) is 4.36 Å². The molecule has 1 aromatic heterocycles. The van der Waals surface area contributed by atoms with Crippen LogP contribution in [0.15, 0.2) is 34.1 Å². The van der Waals surface area contributed by atoms with Crippen LogP contribution in [0.1, 0.15) is 6.92 Å². The molecule has 16 heavy (non-hydrogen) atoms. The number of carbonyl (C=O) groups excluding carboxylic acids is 1. The van der Waals surface area contributed by atoms with Crippen LogP contribution in [0.2, 0.25) is 0 Å². The predicted octanol–water partition coefficient (Wildman–Crippen LogP) is 1.37. The Morgan fingerprint density at radius 3 is 2.81 bits per heavy atom. The van der Waals surface area contributed by atoms with E-state index in [9.17, 15) is 13.4 Å². The predicted molar refractivity (Wildman–Crippen MR) is 57.9 cm³/mol. The molecule has 0 saturated heterocycles. The van der Waals surface area contributed by atoms with Crippen molar-refractivity contribution >= 4 is 15.6 Å². The van der Waals surface area contributed by atoms with Gasteiger partial charge in [-0.3, -0.25) is 9.48 Å². The van der Waals surface area contributed by atoms with Crippen LogP contribution >= 0.6 is 0 Å². The molecule has 1 rings (SSSR count). The van der Waals surface area contributed by atoms with E-state index < -0.39 is 21.5 Å². The first kappa shape index (κ1) is 12.6. The Labute approximate surface area is 93.1 Å². The summed E-state index contributed by atoms with van der Waals surface area (Å²) >= 11 is 0. The molecule has 0 aliphatic heterocycles. The van der Waals surface area contributed by atoms with Crippen molar-refractivity contribution < 1.29 is 13.4 Å². The van der Waals surface area contributed by atoms with Gasteiger partial charge in [0.15, 0.2) is 5.83 Å². The quantitative estimate of drug-likeness (QED) is 0.755. The van der Waals surface area contributed by atoms with Gasteiger partial charge in [-0.15, -0.1) is 0 Å². The number of hydrogen-bond donors (Lipinski definition) is 0. The maximum absolute atomic E-state index is 12.4. The summed E-state index contributed by atoms with van der Waals surface area (Å²) in [6.45, 7) is 5.27. The Morgan fingerprint density at radius 1 is 1.75 bits per heavy atom. The number of nitrogens with zero attached hydrogens (tertiary/aromatic N) is 3. The third-order valence-corrected chi connectivity index (χ3v) is 3.46. The topological polar surface area (TPSA) is 64.3 Å². The highest BCUT2D eigenvalue weighted by Gasteiger charge is 2.13. The number of aromatic nitrogens is 2. The van der Waals surface area contributed by atoms with Gasteiger partial charge in [0.25, 0.3) is 0 Å². The number of aryl methyl sites for hydroxylation is 1. The Balaban J connectivity index is 3.15. The van der Waals surface area contributed by atoms with Crippen molar-refractivity contribution in [1.29, 1.82) is 0 Å². The van der Waals surface area contributed by atoms with E-state index in [2.05, 4.69) is 16.0 Å². The van der Waals surface area contributed by atoms with Crippen LogP contribution in [0, 0.1) is 0 Å². The maximum atomic E-state index is 12.4. The fraction of sp³-hybridized carbons (Fsp3) is 0.333. The maximum Gasteiger partial charge on any atom is 0.313 e. The zero-order valence-electron chi connectivity index (χ0n) is 9.01. The molecule has 5 nitrogen and oxygen atoms in total. The smallest absolute Gasteiger partial charge is 0.272 e. The summed E-state index contributed by atoms with van der Waals surface area (Å²) in [6, 6.07) is 0. The van der Waals surface area contributed by atoms with E-state index in [0.29, 0.717) is 11.4 Å². The average molecular weight is 245 g/mol. The van der Waals surface area contributed by atoms with Crippen LogP contribution in [-0.4, -0.2) is 26.2 Å². The Morgan fingerprint density at radius 2 is 2.38 bits per heavy atom. The minimum absolute atomic E-state index is 0.295. The third-order valence-electron chi connectivity index (χ3n) is 1.86. The van der Waals surface area contributed by atoms with E-state index in [1.807, 2.05) is 6.92 Å². The average Bonchev–Trinajstić information content (AvgIpc) is 2.65. The lowest BCUT2D eigenvalue weighted by molar-refractivity contribution is -0.115. The summed E-state index contributed by atoms with van der Waals surface area (Å²) in [5.74, 6) is -2.42. The highest BCUT2D eigenvalue weighted by molar-refractivity contribution is 7.93. The van der Waals surface area contributed by atoms with Crippen molar-refractivity contribution in [1.82, 2.24) is 9.78 Å². The van der Waals surface area contributed by atoms with E-state index in [4.69, 9.17) is 0 Å². The normalized spacial score (nSPS) is 14.2. The molecule has 0 bridgehead atoms. The third kappa shape index (κ3) is 2.75. The molecule has 0 aliphatic carbocycles. The zero-order chi connectivity index (χ0) is 12.3. The van der Waals surface area contributed by atoms with E-state index >= 15 is 0 Å². The second-order valence-corrected chi connectivity index (χ2v) is 5.39. The van der Waals surface area contributed by atoms with Crippen LogP contribution in [-0.2, 0) is 21.1 Å². The molecule has 0 aliphatic rings. The molecular formula is C9H12FN3O2S. The summed E-state index contributed by atoms with van der Waals surface area (Å²) in [6.07, 6.45) is 4.12. The second kappa shape index (κ2) is 4.56. The fourth-order valence-corrected chi connectivity index (χ4v) is 2.05. The highest BCUT2D eigenvalue weighted by atomic mass is 32.2. The first-order valence-electron chi connectivity index (χ1n) is 4.50. The minimum Gasteiger partial charge on any atom is -0.272 e. The highest BCUT2D eigenvalue weighted by Crippen LogP contribution is 2.11. The van der Waals surface area contributed by atoms with Gasteiger partial charge in [0, 0.05) is 19.0 Å². The molecule has 0 fully saturated rings.